The van der Waals surface area contributed by atoms with Gasteiger partial charge in [-0.2, -0.15) is 0 Å². The predicted molar refractivity (Wildman–Crippen MR) is 89.8 cm³/mol. The molecule has 1 aliphatic rings. The van der Waals surface area contributed by atoms with Gasteiger partial charge in [0.2, 0.25) is 0 Å². The summed E-state index contributed by atoms with van der Waals surface area (Å²) in [5.74, 6) is -0.968. The lowest BCUT2D eigenvalue weighted by atomic mass is 10.00. The van der Waals surface area contributed by atoms with E-state index in [0.29, 0.717) is 6.54 Å². The molecule has 3 rings (SSSR count). The van der Waals surface area contributed by atoms with Gasteiger partial charge >= 0.3 is 0 Å². The molecule has 2 aromatic carbocycles. The van der Waals surface area contributed by atoms with E-state index < -0.39 is 17.8 Å². The minimum atomic E-state index is -1.34. The van der Waals surface area contributed by atoms with Gasteiger partial charge in [-0.25, -0.2) is 4.39 Å². The lowest BCUT2D eigenvalue weighted by Gasteiger charge is -2.28. The third-order valence-corrected chi connectivity index (χ3v) is 4.35. The highest BCUT2D eigenvalue weighted by molar-refractivity contribution is 5.81. The summed E-state index contributed by atoms with van der Waals surface area (Å²) in [6.07, 6.45) is -0.335. The topological polar surface area (TPSA) is 52.6 Å². The lowest BCUT2D eigenvalue weighted by molar-refractivity contribution is -0.129. The smallest absolute Gasteiger partial charge is 0.253 e. The van der Waals surface area contributed by atoms with Crippen molar-refractivity contribution in [1.29, 1.82) is 0 Å². The van der Waals surface area contributed by atoms with Crippen molar-refractivity contribution >= 4 is 5.91 Å². The number of hydrogen-bond acceptors (Lipinski definition) is 3. The van der Waals surface area contributed by atoms with Crippen LogP contribution in [0.4, 0.5) is 4.39 Å². The summed E-state index contributed by atoms with van der Waals surface area (Å²) in [6.45, 7) is 3.00. The van der Waals surface area contributed by atoms with E-state index in [2.05, 4.69) is 28.4 Å². The monoisotopic (exact) mass is 328 g/mol. The largest absolute Gasteiger partial charge is 0.378 e. The van der Waals surface area contributed by atoms with E-state index in [-0.39, 0.29) is 5.56 Å². The van der Waals surface area contributed by atoms with Crippen LogP contribution in [0.3, 0.4) is 0 Å². The molecular weight excluding hydrogens is 307 g/mol. The molecule has 0 bridgehead atoms. The maximum atomic E-state index is 13.2. The first-order valence-electron chi connectivity index (χ1n) is 8.14. The first kappa shape index (κ1) is 16.6. The standard InChI is InChI=1S/C19H21FN2O2/c20-17-7-3-6-15(12-17)18(23)19(24)21-9-11-22-10-8-14-4-1-2-5-16(14)13-22/h1-7,12,18,23H,8-11,13H2,(H,21,24)/t18-/m1/s1. The molecule has 2 N–H and O–H groups in total. The zero-order valence-corrected chi connectivity index (χ0v) is 13.4. The fourth-order valence-corrected chi connectivity index (χ4v) is 3.01. The Bertz CT molecular complexity index is 720. The van der Waals surface area contributed by atoms with Gasteiger partial charge in [0.1, 0.15) is 5.82 Å². The van der Waals surface area contributed by atoms with Crippen molar-refractivity contribution in [2.24, 2.45) is 0 Å². The van der Waals surface area contributed by atoms with Crippen LogP contribution in [0.1, 0.15) is 22.8 Å². The number of benzene rings is 2. The normalized spacial score (nSPS) is 15.6. The number of aliphatic hydroxyl groups is 1. The van der Waals surface area contributed by atoms with Crippen molar-refractivity contribution in [2.75, 3.05) is 19.6 Å². The van der Waals surface area contributed by atoms with Gasteiger partial charge in [0.25, 0.3) is 5.91 Å². The van der Waals surface area contributed by atoms with Crippen LogP contribution in [0.15, 0.2) is 48.5 Å². The molecule has 1 amide bonds. The van der Waals surface area contributed by atoms with Crippen molar-refractivity contribution in [3.05, 3.63) is 71.0 Å². The van der Waals surface area contributed by atoms with Crippen LogP contribution < -0.4 is 5.32 Å². The first-order chi connectivity index (χ1) is 11.6. The van der Waals surface area contributed by atoms with Crippen molar-refractivity contribution in [1.82, 2.24) is 10.2 Å². The number of rotatable bonds is 5. The van der Waals surface area contributed by atoms with Crippen LogP contribution in [0.25, 0.3) is 0 Å². The van der Waals surface area contributed by atoms with Gasteiger partial charge in [-0.05, 0) is 35.2 Å². The number of fused-ring (bicyclic) bond motifs is 1. The summed E-state index contributed by atoms with van der Waals surface area (Å²) in [7, 11) is 0. The summed E-state index contributed by atoms with van der Waals surface area (Å²) < 4.78 is 13.2. The van der Waals surface area contributed by atoms with Gasteiger partial charge in [0, 0.05) is 26.2 Å². The van der Waals surface area contributed by atoms with Crippen molar-refractivity contribution in [3.63, 3.8) is 0 Å². The zero-order valence-electron chi connectivity index (χ0n) is 13.4. The molecule has 2 aromatic rings. The summed E-state index contributed by atoms with van der Waals surface area (Å²) >= 11 is 0. The molecular formula is C19H21FN2O2. The summed E-state index contributed by atoms with van der Waals surface area (Å²) in [5, 5.41) is 12.7. The highest BCUT2D eigenvalue weighted by atomic mass is 19.1. The van der Waals surface area contributed by atoms with Crippen LogP contribution in [0.2, 0.25) is 0 Å². The first-order valence-corrected chi connectivity index (χ1v) is 8.14. The van der Waals surface area contributed by atoms with Crippen LogP contribution in [0, 0.1) is 5.82 Å². The van der Waals surface area contributed by atoms with Gasteiger partial charge in [0.15, 0.2) is 6.10 Å². The molecule has 0 saturated carbocycles. The fourth-order valence-electron chi connectivity index (χ4n) is 3.01. The molecule has 0 saturated heterocycles. The minimum absolute atomic E-state index is 0.263. The molecule has 0 spiro atoms. The van der Waals surface area contributed by atoms with E-state index in [4.69, 9.17) is 0 Å². The van der Waals surface area contributed by atoms with E-state index in [9.17, 15) is 14.3 Å². The van der Waals surface area contributed by atoms with Gasteiger partial charge in [-0.1, -0.05) is 36.4 Å². The molecule has 4 nitrogen and oxygen atoms in total. The Morgan fingerprint density at radius 1 is 1.21 bits per heavy atom. The molecule has 0 radical (unpaired) electrons. The van der Waals surface area contributed by atoms with Crippen molar-refractivity contribution < 1.29 is 14.3 Å². The molecule has 1 atom stereocenters. The summed E-state index contributed by atoms with van der Waals surface area (Å²) in [6, 6.07) is 13.9. The molecule has 0 unspecified atom stereocenters. The highest BCUT2D eigenvalue weighted by Crippen LogP contribution is 2.18. The molecule has 5 heteroatoms. The Morgan fingerprint density at radius 2 is 2.00 bits per heavy atom. The van der Waals surface area contributed by atoms with E-state index in [0.717, 1.165) is 26.1 Å². The van der Waals surface area contributed by atoms with Crippen LogP contribution >= 0.6 is 0 Å². The molecule has 1 heterocycles. The average Bonchev–Trinajstić information content (AvgIpc) is 2.61. The zero-order chi connectivity index (χ0) is 16.9. The number of halogens is 1. The quantitative estimate of drug-likeness (QED) is 0.883. The number of carbonyl (C=O) groups excluding carboxylic acids is 1. The molecule has 126 valence electrons. The van der Waals surface area contributed by atoms with E-state index >= 15 is 0 Å². The van der Waals surface area contributed by atoms with E-state index in [1.807, 2.05) is 6.07 Å². The van der Waals surface area contributed by atoms with Crippen molar-refractivity contribution in [2.45, 2.75) is 19.1 Å². The Labute approximate surface area is 140 Å². The Hall–Kier alpha value is -2.24. The molecule has 24 heavy (non-hydrogen) atoms. The third kappa shape index (κ3) is 3.99. The number of aliphatic hydroxyl groups excluding tert-OH is 1. The Kier molecular flexibility index (Phi) is 5.23. The second-order valence-corrected chi connectivity index (χ2v) is 6.04. The van der Waals surface area contributed by atoms with Gasteiger partial charge in [-0.15, -0.1) is 0 Å². The van der Waals surface area contributed by atoms with Crippen LogP contribution in [0.5, 0.6) is 0 Å². The van der Waals surface area contributed by atoms with E-state index in [1.165, 1.54) is 35.4 Å². The second-order valence-electron chi connectivity index (χ2n) is 6.04. The highest BCUT2D eigenvalue weighted by Gasteiger charge is 2.19. The average molecular weight is 328 g/mol. The number of nitrogens with zero attached hydrogens (tertiary/aromatic N) is 1. The van der Waals surface area contributed by atoms with Gasteiger partial charge < -0.3 is 10.4 Å². The fraction of sp³-hybridized carbons (Fsp3) is 0.316. The maximum absolute atomic E-state index is 13.2. The molecule has 0 aromatic heterocycles. The van der Waals surface area contributed by atoms with E-state index in [1.54, 1.807) is 0 Å². The maximum Gasteiger partial charge on any atom is 0.253 e. The summed E-state index contributed by atoms with van der Waals surface area (Å²) in [4.78, 5) is 14.3. The Morgan fingerprint density at radius 3 is 2.79 bits per heavy atom. The molecule has 0 aliphatic carbocycles. The SMILES string of the molecule is O=C(NCCN1CCc2ccccc2C1)[C@H](O)c1cccc(F)c1. The molecule has 0 fully saturated rings. The second kappa shape index (κ2) is 7.55. The number of hydrogen-bond donors (Lipinski definition) is 2. The van der Waals surface area contributed by atoms with Gasteiger partial charge in [0.05, 0.1) is 0 Å². The van der Waals surface area contributed by atoms with Crippen molar-refractivity contribution in [3.8, 4) is 0 Å². The molecule has 1 aliphatic heterocycles. The van der Waals surface area contributed by atoms with Crippen LogP contribution in [-0.2, 0) is 17.8 Å². The number of amides is 1. The number of nitrogens with one attached hydrogen (secondary N) is 1. The third-order valence-electron chi connectivity index (χ3n) is 4.35. The lowest BCUT2D eigenvalue weighted by Crippen LogP contribution is -2.39. The Balaban J connectivity index is 1.47. The predicted octanol–water partition coefficient (Wildman–Crippen LogP) is 2.03. The minimum Gasteiger partial charge on any atom is -0.378 e. The van der Waals surface area contributed by atoms with Gasteiger partial charge in [-0.3, -0.25) is 9.69 Å². The number of carbonyl (C=O) groups is 1. The summed E-state index contributed by atoms with van der Waals surface area (Å²) in [5.41, 5.74) is 2.98. The van der Waals surface area contributed by atoms with Crippen LogP contribution in [-0.4, -0.2) is 35.5 Å².